The van der Waals surface area contributed by atoms with Crippen molar-refractivity contribution in [3.63, 3.8) is 0 Å². The lowest BCUT2D eigenvalue weighted by atomic mass is 10.3. The zero-order valence-electron chi connectivity index (χ0n) is 9.93. The molecule has 0 radical (unpaired) electrons. The molecule has 0 amide bonds. The molecule has 0 unspecified atom stereocenters. The van der Waals surface area contributed by atoms with E-state index in [1.165, 1.54) is 0 Å². The molecule has 18 heavy (non-hydrogen) atoms. The third kappa shape index (κ3) is 4.63. The van der Waals surface area contributed by atoms with Crippen LogP contribution in [-0.4, -0.2) is 22.3 Å². The molecule has 0 aliphatic rings. The van der Waals surface area contributed by atoms with E-state index in [4.69, 9.17) is 16.3 Å². The van der Waals surface area contributed by atoms with Gasteiger partial charge in [-0.15, -0.1) is 0 Å². The summed E-state index contributed by atoms with van der Waals surface area (Å²) in [6.07, 6.45) is 5.76. The molecular formula is C13H15ClN2OS. The molecule has 0 bridgehead atoms. The molecule has 1 heterocycles. The fraction of sp³-hybridized carbons (Fsp3) is 0.308. The van der Waals surface area contributed by atoms with Gasteiger partial charge in [-0.25, -0.2) is 4.98 Å². The summed E-state index contributed by atoms with van der Waals surface area (Å²) in [5.74, 6) is 1.93. The van der Waals surface area contributed by atoms with E-state index in [9.17, 15) is 0 Å². The van der Waals surface area contributed by atoms with Crippen molar-refractivity contribution in [3.8, 4) is 5.75 Å². The molecule has 0 saturated heterocycles. The lowest BCUT2D eigenvalue weighted by Gasteiger charge is -2.05. The average molecular weight is 283 g/mol. The minimum Gasteiger partial charge on any atom is -0.494 e. The Morgan fingerprint density at radius 2 is 2.06 bits per heavy atom. The summed E-state index contributed by atoms with van der Waals surface area (Å²) in [5, 5.41) is 1.71. The first-order chi connectivity index (χ1) is 8.84. The van der Waals surface area contributed by atoms with E-state index >= 15 is 0 Å². The predicted molar refractivity (Wildman–Crippen MR) is 75.5 cm³/mol. The van der Waals surface area contributed by atoms with Gasteiger partial charge in [-0.1, -0.05) is 23.4 Å². The van der Waals surface area contributed by atoms with Crippen LogP contribution in [0.1, 0.15) is 12.8 Å². The van der Waals surface area contributed by atoms with E-state index in [0.29, 0.717) is 0 Å². The molecule has 2 rings (SSSR count). The quantitative estimate of drug-likeness (QED) is 0.616. The summed E-state index contributed by atoms with van der Waals surface area (Å²) in [5.41, 5.74) is 0. The maximum atomic E-state index is 5.80. The number of aromatic nitrogens is 2. The highest BCUT2D eigenvalue weighted by Gasteiger charge is 1.97. The number of hydrogen-bond acceptors (Lipinski definition) is 3. The molecule has 0 spiro atoms. The number of hydrogen-bond donors (Lipinski definition) is 1. The van der Waals surface area contributed by atoms with Gasteiger partial charge in [0.1, 0.15) is 5.75 Å². The summed E-state index contributed by atoms with van der Waals surface area (Å²) in [6, 6.07) is 7.45. The van der Waals surface area contributed by atoms with Crippen LogP contribution in [0.3, 0.4) is 0 Å². The molecule has 5 heteroatoms. The number of nitrogens with one attached hydrogen (secondary N) is 1. The second kappa shape index (κ2) is 7.34. The molecule has 0 fully saturated rings. The first-order valence-corrected chi connectivity index (χ1v) is 7.21. The molecule has 2 aromatic rings. The third-order valence-electron chi connectivity index (χ3n) is 2.33. The van der Waals surface area contributed by atoms with Crippen molar-refractivity contribution in [1.82, 2.24) is 9.97 Å². The molecular weight excluding hydrogens is 268 g/mol. The number of nitrogens with zero attached hydrogens (tertiary/aromatic N) is 1. The van der Waals surface area contributed by atoms with E-state index in [1.807, 2.05) is 30.5 Å². The number of benzene rings is 1. The van der Waals surface area contributed by atoms with Crippen LogP contribution >= 0.6 is 23.4 Å². The third-order valence-corrected chi connectivity index (χ3v) is 3.57. The van der Waals surface area contributed by atoms with Crippen LogP contribution in [0.25, 0.3) is 0 Å². The standard InChI is InChI=1S/C13H15ClN2OS/c14-11-3-5-12(6-4-11)17-9-1-2-10-18-13-15-7-8-16-13/h3-8H,1-2,9-10H2,(H,15,16). The van der Waals surface area contributed by atoms with E-state index in [0.717, 1.165) is 41.1 Å². The highest BCUT2D eigenvalue weighted by atomic mass is 35.5. The van der Waals surface area contributed by atoms with Crippen molar-refractivity contribution < 1.29 is 4.74 Å². The van der Waals surface area contributed by atoms with Crippen LogP contribution in [0, 0.1) is 0 Å². The number of thioether (sulfide) groups is 1. The lowest BCUT2D eigenvalue weighted by Crippen LogP contribution is -1.97. The van der Waals surface area contributed by atoms with E-state index < -0.39 is 0 Å². The summed E-state index contributed by atoms with van der Waals surface area (Å²) < 4.78 is 5.61. The van der Waals surface area contributed by atoms with Crippen LogP contribution in [-0.2, 0) is 0 Å². The van der Waals surface area contributed by atoms with Crippen LogP contribution in [0.15, 0.2) is 41.8 Å². The molecule has 0 aliphatic heterocycles. The van der Waals surface area contributed by atoms with Crippen molar-refractivity contribution in [2.75, 3.05) is 12.4 Å². The second-order valence-corrected chi connectivity index (χ2v) is 5.27. The smallest absolute Gasteiger partial charge is 0.165 e. The normalized spacial score (nSPS) is 10.5. The largest absolute Gasteiger partial charge is 0.494 e. The van der Waals surface area contributed by atoms with Crippen LogP contribution < -0.4 is 4.74 Å². The summed E-state index contributed by atoms with van der Waals surface area (Å²) in [6.45, 7) is 0.736. The number of ether oxygens (including phenoxy) is 1. The van der Waals surface area contributed by atoms with Crippen molar-refractivity contribution in [2.45, 2.75) is 18.0 Å². The van der Waals surface area contributed by atoms with E-state index in [1.54, 1.807) is 18.0 Å². The Bertz CT molecular complexity index is 445. The van der Waals surface area contributed by atoms with Gasteiger partial charge in [-0.2, -0.15) is 0 Å². The van der Waals surface area contributed by atoms with Gasteiger partial charge >= 0.3 is 0 Å². The minimum absolute atomic E-state index is 0.734. The zero-order valence-corrected chi connectivity index (χ0v) is 11.5. The Labute approximate surface area is 116 Å². The number of H-pyrrole nitrogens is 1. The Hall–Kier alpha value is -1.13. The Morgan fingerprint density at radius 1 is 1.22 bits per heavy atom. The molecule has 96 valence electrons. The van der Waals surface area contributed by atoms with Gasteiger partial charge in [-0.05, 0) is 37.1 Å². The Balaban J connectivity index is 1.55. The first kappa shape index (κ1) is 13.3. The number of aromatic amines is 1. The fourth-order valence-electron chi connectivity index (χ4n) is 1.42. The van der Waals surface area contributed by atoms with Crippen LogP contribution in [0.5, 0.6) is 5.75 Å². The maximum Gasteiger partial charge on any atom is 0.165 e. The van der Waals surface area contributed by atoms with Gasteiger partial charge in [0.05, 0.1) is 6.61 Å². The number of unbranched alkanes of at least 4 members (excludes halogenated alkanes) is 1. The predicted octanol–water partition coefficient (Wildman–Crippen LogP) is 4.01. The topological polar surface area (TPSA) is 37.9 Å². The molecule has 0 atom stereocenters. The zero-order chi connectivity index (χ0) is 12.6. The molecule has 1 N–H and O–H groups in total. The molecule has 1 aromatic heterocycles. The number of imidazole rings is 1. The monoisotopic (exact) mass is 282 g/mol. The SMILES string of the molecule is Clc1ccc(OCCCCSc2ncc[nH]2)cc1. The van der Waals surface area contributed by atoms with Gasteiger partial charge in [0.25, 0.3) is 0 Å². The average Bonchev–Trinajstić information content (AvgIpc) is 2.89. The van der Waals surface area contributed by atoms with E-state index in [2.05, 4.69) is 9.97 Å². The summed E-state index contributed by atoms with van der Waals surface area (Å²) in [4.78, 5) is 7.22. The number of rotatable bonds is 7. The molecule has 0 aliphatic carbocycles. The van der Waals surface area contributed by atoms with Gasteiger partial charge in [-0.3, -0.25) is 0 Å². The van der Waals surface area contributed by atoms with Crippen LogP contribution in [0.4, 0.5) is 0 Å². The Morgan fingerprint density at radius 3 is 2.78 bits per heavy atom. The van der Waals surface area contributed by atoms with Gasteiger partial charge in [0.2, 0.25) is 0 Å². The summed E-state index contributed by atoms with van der Waals surface area (Å²) >= 11 is 7.53. The molecule has 3 nitrogen and oxygen atoms in total. The highest BCUT2D eigenvalue weighted by Crippen LogP contribution is 2.17. The van der Waals surface area contributed by atoms with Crippen molar-refractivity contribution in [3.05, 3.63) is 41.7 Å². The highest BCUT2D eigenvalue weighted by molar-refractivity contribution is 7.99. The van der Waals surface area contributed by atoms with Crippen molar-refractivity contribution in [1.29, 1.82) is 0 Å². The van der Waals surface area contributed by atoms with Crippen LogP contribution in [0.2, 0.25) is 5.02 Å². The van der Waals surface area contributed by atoms with Crippen molar-refractivity contribution >= 4 is 23.4 Å². The first-order valence-electron chi connectivity index (χ1n) is 5.85. The van der Waals surface area contributed by atoms with Gasteiger partial charge < -0.3 is 9.72 Å². The van der Waals surface area contributed by atoms with Crippen molar-refractivity contribution in [2.24, 2.45) is 0 Å². The lowest BCUT2D eigenvalue weighted by molar-refractivity contribution is 0.310. The van der Waals surface area contributed by atoms with E-state index in [-0.39, 0.29) is 0 Å². The molecule has 0 saturated carbocycles. The maximum absolute atomic E-state index is 5.80. The Kier molecular flexibility index (Phi) is 5.42. The van der Waals surface area contributed by atoms with Gasteiger partial charge in [0, 0.05) is 23.2 Å². The summed E-state index contributed by atoms with van der Waals surface area (Å²) in [7, 11) is 0. The fourth-order valence-corrected chi connectivity index (χ4v) is 2.38. The minimum atomic E-state index is 0.734. The number of halogens is 1. The van der Waals surface area contributed by atoms with Gasteiger partial charge in [0.15, 0.2) is 5.16 Å². The second-order valence-electron chi connectivity index (χ2n) is 3.75. The molecule has 1 aromatic carbocycles.